The summed E-state index contributed by atoms with van der Waals surface area (Å²) in [5, 5.41) is 2.99. The third-order valence-electron chi connectivity index (χ3n) is 2.71. The van der Waals surface area contributed by atoms with Crippen LogP contribution in [0.25, 0.3) is 0 Å². The van der Waals surface area contributed by atoms with Crippen molar-refractivity contribution in [3.8, 4) is 0 Å². The van der Waals surface area contributed by atoms with Gasteiger partial charge in [0.25, 0.3) is 0 Å². The second kappa shape index (κ2) is 5.08. The van der Waals surface area contributed by atoms with Crippen LogP contribution < -0.4 is 5.32 Å². The fourth-order valence-corrected chi connectivity index (χ4v) is 2.19. The molecule has 0 aliphatic carbocycles. The van der Waals surface area contributed by atoms with Gasteiger partial charge >= 0.3 is 0 Å². The Bertz CT molecular complexity index is 526. The first kappa shape index (κ1) is 13.1. The maximum atomic E-state index is 12.2. The first-order valence-electron chi connectivity index (χ1n) is 5.30. The van der Waals surface area contributed by atoms with Gasteiger partial charge in [-0.3, -0.25) is 14.4 Å². The zero-order valence-electron chi connectivity index (χ0n) is 9.20. The average molecular weight is 286 g/mol. The van der Waals surface area contributed by atoms with Crippen LogP contribution in [0.1, 0.15) is 16.8 Å². The molecule has 0 bridgehead atoms. The van der Waals surface area contributed by atoms with Gasteiger partial charge in [0.05, 0.1) is 5.02 Å². The number of amides is 1. The van der Waals surface area contributed by atoms with E-state index < -0.39 is 17.6 Å². The number of rotatable bonds is 2. The van der Waals surface area contributed by atoms with E-state index >= 15 is 0 Å². The van der Waals surface area contributed by atoms with Crippen molar-refractivity contribution >= 4 is 40.7 Å². The van der Waals surface area contributed by atoms with Crippen molar-refractivity contribution < 1.29 is 14.4 Å². The van der Waals surface area contributed by atoms with Crippen molar-refractivity contribution in [2.75, 3.05) is 6.54 Å². The number of piperidine rings is 1. The van der Waals surface area contributed by atoms with Crippen LogP contribution in [0.5, 0.6) is 0 Å². The van der Waals surface area contributed by atoms with Crippen LogP contribution in [0.4, 0.5) is 0 Å². The molecule has 1 atom stereocenters. The van der Waals surface area contributed by atoms with E-state index in [0.717, 1.165) is 0 Å². The Hall–Kier alpha value is -1.39. The molecule has 18 heavy (non-hydrogen) atoms. The summed E-state index contributed by atoms with van der Waals surface area (Å²) in [6.07, 6.45) is 0.153. The molecule has 0 radical (unpaired) electrons. The average Bonchev–Trinajstić information content (AvgIpc) is 2.32. The van der Waals surface area contributed by atoms with Gasteiger partial charge in [-0.05, 0) is 18.2 Å². The zero-order chi connectivity index (χ0) is 13.3. The molecule has 6 heteroatoms. The molecule has 0 aromatic heterocycles. The summed E-state index contributed by atoms with van der Waals surface area (Å²) < 4.78 is 0. The summed E-state index contributed by atoms with van der Waals surface area (Å²) >= 11 is 11.7. The standard InChI is InChI=1S/C12H9Cl2NO3/c13-6-1-2-8(14)7(5-6)11(17)10-9(16)3-4-15-12(10)18/h1-2,5,10H,3-4H2,(H,15,18). The molecular weight excluding hydrogens is 277 g/mol. The lowest BCUT2D eigenvalue weighted by molar-refractivity contribution is -0.134. The van der Waals surface area contributed by atoms with Gasteiger partial charge in [0.2, 0.25) is 5.91 Å². The van der Waals surface area contributed by atoms with E-state index in [-0.39, 0.29) is 29.3 Å². The number of halogens is 2. The largest absolute Gasteiger partial charge is 0.355 e. The summed E-state index contributed by atoms with van der Waals surface area (Å²) in [7, 11) is 0. The van der Waals surface area contributed by atoms with Crippen molar-refractivity contribution in [1.82, 2.24) is 5.32 Å². The van der Waals surface area contributed by atoms with Gasteiger partial charge in [0, 0.05) is 23.6 Å². The maximum Gasteiger partial charge on any atom is 0.238 e. The number of nitrogens with one attached hydrogen (secondary N) is 1. The Morgan fingerprint density at radius 1 is 1.28 bits per heavy atom. The van der Waals surface area contributed by atoms with E-state index in [2.05, 4.69) is 5.32 Å². The quantitative estimate of drug-likeness (QED) is 0.667. The van der Waals surface area contributed by atoms with Crippen molar-refractivity contribution in [2.45, 2.75) is 6.42 Å². The molecule has 2 rings (SSSR count). The number of ketones is 2. The number of Topliss-reactive ketones (excluding diaryl/α,β-unsaturated/α-hetero) is 2. The predicted octanol–water partition coefficient (Wildman–Crippen LogP) is 1.88. The van der Waals surface area contributed by atoms with Crippen LogP contribution >= 0.6 is 23.2 Å². The van der Waals surface area contributed by atoms with E-state index in [9.17, 15) is 14.4 Å². The lowest BCUT2D eigenvalue weighted by Gasteiger charge is -2.20. The minimum atomic E-state index is -1.31. The summed E-state index contributed by atoms with van der Waals surface area (Å²) in [5.74, 6) is -2.88. The van der Waals surface area contributed by atoms with Crippen molar-refractivity contribution in [3.63, 3.8) is 0 Å². The van der Waals surface area contributed by atoms with Crippen LogP contribution in [0.2, 0.25) is 10.0 Å². The molecule has 1 amide bonds. The molecule has 1 unspecified atom stereocenters. The number of carbonyl (C=O) groups excluding carboxylic acids is 3. The molecule has 94 valence electrons. The van der Waals surface area contributed by atoms with Gasteiger partial charge in [0.1, 0.15) is 0 Å². The second-order valence-corrected chi connectivity index (χ2v) is 4.77. The van der Waals surface area contributed by atoms with Crippen molar-refractivity contribution in [1.29, 1.82) is 0 Å². The van der Waals surface area contributed by atoms with Crippen LogP contribution in [0.3, 0.4) is 0 Å². The molecule has 1 aromatic carbocycles. The van der Waals surface area contributed by atoms with Gasteiger partial charge in [-0.2, -0.15) is 0 Å². The van der Waals surface area contributed by atoms with Gasteiger partial charge < -0.3 is 5.32 Å². The number of benzene rings is 1. The topological polar surface area (TPSA) is 63.2 Å². The molecule has 4 nitrogen and oxygen atoms in total. The molecule has 0 saturated carbocycles. The van der Waals surface area contributed by atoms with Crippen LogP contribution in [-0.4, -0.2) is 24.0 Å². The number of hydrogen-bond donors (Lipinski definition) is 1. The minimum Gasteiger partial charge on any atom is -0.355 e. The fourth-order valence-electron chi connectivity index (χ4n) is 1.81. The summed E-state index contributed by atoms with van der Waals surface area (Å²) in [6, 6.07) is 4.35. The summed E-state index contributed by atoms with van der Waals surface area (Å²) in [6.45, 7) is 0.269. The second-order valence-electron chi connectivity index (χ2n) is 3.93. The number of hydrogen-bond acceptors (Lipinski definition) is 3. The molecule has 1 heterocycles. The van der Waals surface area contributed by atoms with Gasteiger partial charge in [-0.25, -0.2) is 0 Å². The van der Waals surface area contributed by atoms with E-state index in [4.69, 9.17) is 23.2 Å². The van der Waals surface area contributed by atoms with Gasteiger partial charge in [-0.1, -0.05) is 23.2 Å². The Balaban J connectivity index is 2.38. The Kier molecular flexibility index (Phi) is 3.68. The molecule has 1 aliphatic heterocycles. The van der Waals surface area contributed by atoms with Crippen LogP contribution in [0, 0.1) is 5.92 Å². The highest BCUT2D eigenvalue weighted by atomic mass is 35.5. The highest BCUT2D eigenvalue weighted by molar-refractivity contribution is 6.37. The zero-order valence-corrected chi connectivity index (χ0v) is 10.7. The highest BCUT2D eigenvalue weighted by Crippen LogP contribution is 2.24. The van der Waals surface area contributed by atoms with E-state index in [1.165, 1.54) is 18.2 Å². The Labute approximate surface area is 113 Å². The first-order valence-corrected chi connectivity index (χ1v) is 6.06. The van der Waals surface area contributed by atoms with Gasteiger partial charge in [0.15, 0.2) is 17.5 Å². The molecule has 1 aromatic rings. The van der Waals surface area contributed by atoms with Crippen molar-refractivity contribution in [3.05, 3.63) is 33.8 Å². The molecule has 0 spiro atoms. The SMILES string of the molecule is O=C1CCNC(=O)C1C(=O)c1cc(Cl)ccc1Cl. The maximum absolute atomic E-state index is 12.2. The van der Waals surface area contributed by atoms with Gasteiger partial charge in [-0.15, -0.1) is 0 Å². The predicted molar refractivity (Wildman–Crippen MR) is 66.9 cm³/mol. The fraction of sp³-hybridized carbons (Fsp3) is 0.250. The Morgan fingerprint density at radius 2 is 2.00 bits per heavy atom. The molecule has 1 aliphatic rings. The van der Waals surface area contributed by atoms with E-state index in [1.54, 1.807) is 0 Å². The molecular formula is C12H9Cl2NO3. The highest BCUT2D eigenvalue weighted by Gasteiger charge is 2.37. The lowest BCUT2D eigenvalue weighted by atomic mass is 9.89. The first-order chi connectivity index (χ1) is 8.50. The molecule has 1 saturated heterocycles. The molecule has 1 N–H and O–H groups in total. The van der Waals surface area contributed by atoms with Crippen molar-refractivity contribution in [2.24, 2.45) is 5.92 Å². The lowest BCUT2D eigenvalue weighted by Crippen LogP contribution is -2.46. The minimum absolute atomic E-state index is 0.0968. The van der Waals surface area contributed by atoms with E-state index in [0.29, 0.717) is 5.02 Å². The normalized spacial score (nSPS) is 19.6. The Morgan fingerprint density at radius 3 is 2.67 bits per heavy atom. The summed E-state index contributed by atoms with van der Waals surface area (Å²) in [5.41, 5.74) is 0.0968. The molecule has 1 fully saturated rings. The van der Waals surface area contributed by atoms with Crippen LogP contribution in [-0.2, 0) is 9.59 Å². The third-order valence-corrected chi connectivity index (χ3v) is 3.28. The monoisotopic (exact) mass is 285 g/mol. The number of carbonyl (C=O) groups is 3. The van der Waals surface area contributed by atoms with E-state index in [1.807, 2.05) is 0 Å². The third kappa shape index (κ3) is 2.40. The van der Waals surface area contributed by atoms with Crippen LogP contribution in [0.15, 0.2) is 18.2 Å². The summed E-state index contributed by atoms with van der Waals surface area (Å²) in [4.78, 5) is 35.4. The smallest absolute Gasteiger partial charge is 0.238 e.